The fraction of sp³-hybridized carbons (Fsp3) is 0.833. The Bertz CT molecular complexity index is 301. The number of nitrogens with zero attached hydrogens (tertiary/aromatic N) is 2. The van der Waals surface area contributed by atoms with Gasteiger partial charge in [0.25, 0.3) is 0 Å². The molecule has 6 heteroatoms. The summed E-state index contributed by atoms with van der Waals surface area (Å²) in [5.74, 6) is -0.691. The highest BCUT2D eigenvalue weighted by Gasteiger charge is 2.28. The molecule has 0 aliphatic carbocycles. The number of carboxylic acids is 1. The summed E-state index contributed by atoms with van der Waals surface area (Å²) in [6, 6.07) is -0.475. The molecule has 0 aromatic heterocycles. The predicted molar refractivity (Wildman–Crippen MR) is 68.3 cm³/mol. The second-order valence-electron chi connectivity index (χ2n) is 4.83. The van der Waals surface area contributed by atoms with Crippen molar-refractivity contribution in [2.75, 3.05) is 39.8 Å². The first-order valence-electron chi connectivity index (χ1n) is 6.37. The van der Waals surface area contributed by atoms with Gasteiger partial charge in [0.15, 0.2) is 0 Å². The average Bonchev–Trinajstić information content (AvgIpc) is 2.37. The number of piperazine rings is 1. The predicted octanol–water partition coefficient (Wildman–Crippen LogP) is -0.541. The van der Waals surface area contributed by atoms with E-state index in [9.17, 15) is 9.59 Å². The van der Waals surface area contributed by atoms with Crippen molar-refractivity contribution in [1.82, 2.24) is 15.1 Å². The van der Waals surface area contributed by atoms with E-state index in [2.05, 4.69) is 5.32 Å². The van der Waals surface area contributed by atoms with Crippen LogP contribution in [-0.4, -0.2) is 72.6 Å². The van der Waals surface area contributed by atoms with Gasteiger partial charge in [0.1, 0.15) is 6.04 Å². The summed E-state index contributed by atoms with van der Waals surface area (Å²) in [6.45, 7) is 6.76. The molecule has 0 aromatic rings. The van der Waals surface area contributed by atoms with Crippen LogP contribution in [0, 0.1) is 5.92 Å². The second kappa shape index (κ2) is 6.70. The largest absolute Gasteiger partial charge is 0.480 e. The van der Waals surface area contributed by atoms with Crippen LogP contribution in [0.25, 0.3) is 0 Å². The van der Waals surface area contributed by atoms with Crippen LogP contribution in [0.4, 0.5) is 0 Å². The standard InChI is InChI=1S/C12H23N3O3/c1-9(8-13-3)11(16)15-6-4-14(5-7-15)10(2)12(17)18/h9-10,13H,4-8H2,1-3H3,(H,17,18). The Morgan fingerprint density at radius 3 is 2.22 bits per heavy atom. The normalized spacial score (nSPS) is 20.5. The fourth-order valence-electron chi connectivity index (χ4n) is 2.19. The van der Waals surface area contributed by atoms with Gasteiger partial charge in [-0.1, -0.05) is 6.92 Å². The summed E-state index contributed by atoms with van der Waals surface area (Å²) in [7, 11) is 1.83. The summed E-state index contributed by atoms with van der Waals surface area (Å²) in [5.41, 5.74) is 0. The van der Waals surface area contributed by atoms with Crippen molar-refractivity contribution in [2.24, 2.45) is 5.92 Å². The van der Waals surface area contributed by atoms with E-state index in [0.29, 0.717) is 32.7 Å². The van der Waals surface area contributed by atoms with Gasteiger partial charge in [-0.25, -0.2) is 0 Å². The van der Waals surface area contributed by atoms with Gasteiger partial charge >= 0.3 is 5.97 Å². The smallest absolute Gasteiger partial charge is 0.320 e. The lowest BCUT2D eigenvalue weighted by molar-refractivity contribution is -0.144. The van der Waals surface area contributed by atoms with Crippen molar-refractivity contribution in [2.45, 2.75) is 19.9 Å². The molecule has 1 fully saturated rings. The molecule has 18 heavy (non-hydrogen) atoms. The Balaban J connectivity index is 2.44. The number of amides is 1. The van der Waals surface area contributed by atoms with Gasteiger partial charge in [-0.3, -0.25) is 14.5 Å². The number of carbonyl (C=O) groups is 2. The molecule has 2 atom stereocenters. The van der Waals surface area contributed by atoms with E-state index in [-0.39, 0.29) is 11.8 Å². The van der Waals surface area contributed by atoms with Crippen LogP contribution in [0.3, 0.4) is 0 Å². The van der Waals surface area contributed by atoms with Crippen molar-refractivity contribution in [3.05, 3.63) is 0 Å². The number of carboxylic acid groups (broad SMARTS) is 1. The molecule has 1 aliphatic rings. The molecule has 0 saturated carbocycles. The minimum absolute atomic E-state index is 0.0292. The average molecular weight is 257 g/mol. The molecular formula is C12H23N3O3. The minimum atomic E-state index is -0.807. The Morgan fingerprint density at radius 1 is 1.22 bits per heavy atom. The lowest BCUT2D eigenvalue weighted by Gasteiger charge is -2.37. The Kier molecular flexibility index (Phi) is 5.55. The van der Waals surface area contributed by atoms with E-state index in [4.69, 9.17) is 5.11 Å². The van der Waals surface area contributed by atoms with Gasteiger partial charge in [0.05, 0.1) is 0 Å². The third-order valence-corrected chi connectivity index (χ3v) is 3.46. The maximum Gasteiger partial charge on any atom is 0.320 e. The zero-order valence-corrected chi connectivity index (χ0v) is 11.3. The van der Waals surface area contributed by atoms with Crippen LogP contribution in [0.5, 0.6) is 0 Å². The number of aliphatic carboxylic acids is 1. The third-order valence-electron chi connectivity index (χ3n) is 3.46. The SMILES string of the molecule is CNCC(C)C(=O)N1CCN(C(C)C(=O)O)CC1. The minimum Gasteiger partial charge on any atom is -0.480 e. The van der Waals surface area contributed by atoms with E-state index >= 15 is 0 Å². The molecule has 0 radical (unpaired) electrons. The third kappa shape index (κ3) is 3.68. The topological polar surface area (TPSA) is 72.9 Å². The number of carbonyl (C=O) groups excluding carboxylic acids is 1. The van der Waals surface area contributed by atoms with Crippen molar-refractivity contribution in [3.63, 3.8) is 0 Å². The van der Waals surface area contributed by atoms with Crippen LogP contribution in [0.15, 0.2) is 0 Å². The molecule has 1 amide bonds. The van der Waals surface area contributed by atoms with E-state index in [1.165, 1.54) is 0 Å². The van der Waals surface area contributed by atoms with Gasteiger partial charge in [-0.2, -0.15) is 0 Å². The van der Waals surface area contributed by atoms with Gasteiger partial charge in [0, 0.05) is 38.6 Å². The van der Waals surface area contributed by atoms with Crippen LogP contribution in [0.2, 0.25) is 0 Å². The van der Waals surface area contributed by atoms with Gasteiger partial charge < -0.3 is 15.3 Å². The molecule has 0 spiro atoms. The van der Waals surface area contributed by atoms with Gasteiger partial charge in [0.2, 0.25) is 5.91 Å². The number of hydrogen-bond donors (Lipinski definition) is 2. The summed E-state index contributed by atoms with van der Waals surface area (Å²) >= 11 is 0. The molecule has 104 valence electrons. The second-order valence-corrected chi connectivity index (χ2v) is 4.83. The van der Waals surface area contributed by atoms with Crippen molar-refractivity contribution < 1.29 is 14.7 Å². The van der Waals surface area contributed by atoms with Crippen molar-refractivity contribution >= 4 is 11.9 Å². The number of rotatable bonds is 5. The van der Waals surface area contributed by atoms with E-state index in [1.807, 2.05) is 23.8 Å². The molecular weight excluding hydrogens is 234 g/mol. The zero-order chi connectivity index (χ0) is 13.7. The van der Waals surface area contributed by atoms with Crippen LogP contribution >= 0.6 is 0 Å². The van der Waals surface area contributed by atoms with Gasteiger partial charge in [-0.15, -0.1) is 0 Å². The highest BCUT2D eigenvalue weighted by molar-refractivity contribution is 5.79. The van der Waals surface area contributed by atoms with Crippen LogP contribution in [0.1, 0.15) is 13.8 Å². The quantitative estimate of drug-likeness (QED) is 0.692. The lowest BCUT2D eigenvalue weighted by atomic mass is 10.1. The Morgan fingerprint density at radius 2 is 1.78 bits per heavy atom. The maximum atomic E-state index is 12.0. The van der Waals surface area contributed by atoms with E-state index < -0.39 is 12.0 Å². The van der Waals surface area contributed by atoms with Crippen molar-refractivity contribution in [1.29, 1.82) is 0 Å². The summed E-state index contributed by atoms with van der Waals surface area (Å²) < 4.78 is 0. The molecule has 0 bridgehead atoms. The first-order chi connectivity index (χ1) is 8.47. The van der Waals surface area contributed by atoms with Gasteiger partial charge in [-0.05, 0) is 14.0 Å². The highest BCUT2D eigenvalue weighted by Crippen LogP contribution is 2.09. The van der Waals surface area contributed by atoms with Crippen LogP contribution in [-0.2, 0) is 9.59 Å². The number of hydrogen-bond acceptors (Lipinski definition) is 4. The summed E-state index contributed by atoms with van der Waals surface area (Å²) in [4.78, 5) is 26.7. The molecule has 2 unspecified atom stereocenters. The monoisotopic (exact) mass is 257 g/mol. The Labute approximate surface area is 108 Å². The molecule has 1 aliphatic heterocycles. The first-order valence-corrected chi connectivity index (χ1v) is 6.37. The molecule has 6 nitrogen and oxygen atoms in total. The molecule has 1 rings (SSSR count). The van der Waals surface area contributed by atoms with E-state index in [0.717, 1.165) is 0 Å². The summed E-state index contributed by atoms with van der Waals surface area (Å²) in [5, 5.41) is 11.9. The maximum absolute atomic E-state index is 12.0. The fourth-order valence-corrected chi connectivity index (χ4v) is 2.19. The summed E-state index contributed by atoms with van der Waals surface area (Å²) in [6.07, 6.45) is 0. The molecule has 2 N–H and O–H groups in total. The molecule has 1 saturated heterocycles. The van der Waals surface area contributed by atoms with Crippen molar-refractivity contribution in [3.8, 4) is 0 Å². The zero-order valence-electron chi connectivity index (χ0n) is 11.3. The van der Waals surface area contributed by atoms with E-state index in [1.54, 1.807) is 6.92 Å². The number of nitrogens with one attached hydrogen (secondary N) is 1. The lowest BCUT2D eigenvalue weighted by Crippen LogP contribution is -2.54. The highest BCUT2D eigenvalue weighted by atomic mass is 16.4. The molecule has 0 aromatic carbocycles. The molecule has 1 heterocycles. The first kappa shape index (κ1) is 14.9. The Hall–Kier alpha value is -1.14. The van der Waals surface area contributed by atoms with Crippen LogP contribution < -0.4 is 5.32 Å².